The second kappa shape index (κ2) is 9.75. The number of benzene rings is 3. The maximum atomic E-state index is 13.2. The van der Waals surface area contributed by atoms with Gasteiger partial charge in [0.15, 0.2) is 6.10 Å². The largest absolute Gasteiger partial charge is 0.495 e. The summed E-state index contributed by atoms with van der Waals surface area (Å²) in [5, 5.41) is 3.42. The molecular weight excluding hydrogens is 428 g/mol. The Labute approximate surface area is 198 Å². The van der Waals surface area contributed by atoms with Crippen LogP contribution in [0.15, 0.2) is 72.8 Å². The Hall–Kier alpha value is -4.19. The highest BCUT2D eigenvalue weighted by molar-refractivity contribution is 6.06. The molecule has 3 aromatic carbocycles. The van der Waals surface area contributed by atoms with Crippen LogP contribution in [0.5, 0.6) is 5.75 Å². The van der Waals surface area contributed by atoms with E-state index in [9.17, 15) is 9.59 Å². The molecular formula is C28H26N2O4. The molecule has 6 nitrogen and oxygen atoms in total. The van der Waals surface area contributed by atoms with Crippen LogP contribution in [0.2, 0.25) is 0 Å². The Balaban J connectivity index is 1.63. The van der Waals surface area contributed by atoms with Gasteiger partial charge < -0.3 is 14.8 Å². The first-order valence-electron chi connectivity index (χ1n) is 11.0. The van der Waals surface area contributed by atoms with Gasteiger partial charge >= 0.3 is 5.97 Å². The van der Waals surface area contributed by atoms with E-state index in [0.717, 1.165) is 16.7 Å². The number of methoxy groups -OCH3 is 1. The van der Waals surface area contributed by atoms with Crippen molar-refractivity contribution in [2.75, 3.05) is 12.4 Å². The normalized spacial score (nSPS) is 11.6. The maximum absolute atomic E-state index is 13.2. The van der Waals surface area contributed by atoms with E-state index in [-0.39, 0.29) is 0 Å². The highest BCUT2D eigenvalue weighted by Gasteiger charge is 2.22. The minimum atomic E-state index is -1.02. The summed E-state index contributed by atoms with van der Waals surface area (Å²) >= 11 is 0. The molecule has 4 rings (SSSR count). The number of amides is 1. The van der Waals surface area contributed by atoms with Crippen molar-refractivity contribution in [2.24, 2.45) is 0 Å². The molecule has 1 aromatic heterocycles. The van der Waals surface area contributed by atoms with Gasteiger partial charge in [-0.05, 0) is 50.6 Å². The summed E-state index contributed by atoms with van der Waals surface area (Å²) in [7, 11) is 1.52. The van der Waals surface area contributed by atoms with Gasteiger partial charge in [0.1, 0.15) is 5.75 Å². The number of pyridine rings is 1. The Morgan fingerprint density at radius 1 is 0.941 bits per heavy atom. The zero-order chi connectivity index (χ0) is 24.2. The molecule has 0 spiro atoms. The monoisotopic (exact) mass is 454 g/mol. The number of esters is 1. The number of carbonyl (C=O) groups excluding carboxylic acids is 2. The average molecular weight is 455 g/mol. The van der Waals surface area contributed by atoms with Crippen molar-refractivity contribution in [2.45, 2.75) is 26.9 Å². The third-order valence-corrected chi connectivity index (χ3v) is 5.61. The van der Waals surface area contributed by atoms with Crippen LogP contribution in [-0.4, -0.2) is 30.1 Å². The van der Waals surface area contributed by atoms with E-state index < -0.39 is 18.0 Å². The van der Waals surface area contributed by atoms with Crippen molar-refractivity contribution in [1.82, 2.24) is 4.98 Å². The minimum absolute atomic E-state index is 0.359. The third-order valence-electron chi connectivity index (χ3n) is 5.61. The van der Waals surface area contributed by atoms with Crippen LogP contribution in [0, 0.1) is 13.8 Å². The van der Waals surface area contributed by atoms with Crippen LogP contribution in [0.3, 0.4) is 0 Å². The van der Waals surface area contributed by atoms with Gasteiger partial charge in [-0.25, -0.2) is 9.78 Å². The quantitative estimate of drug-likeness (QED) is 0.378. The first-order valence-corrected chi connectivity index (χ1v) is 11.0. The molecule has 0 fully saturated rings. The van der Waals surface area contributed by atoms with Crippen molar-refractivity contribution >= 4 is 28.5 Å². The maximum Gasteiger partial charge on any atom is 0.339 e. The predicted molar refractivity (Wildman–Crippen MR) is 133 cm³/mol. The molecule has 0 radical (unpaired) electrons. The highest BCUT2D eigenvalue weighted by Crippen LogP contribution is 2.28. The van der Waals surface area contributed by atoms with Crippen molar-refractivity contribution in [3.05, 3.63) is 89.5 Å². The summed E-state index contributed by atoms with van der Waals surface area (Å²) in [5.74, 6) is -0.522. The van der Waals surface area contributed by atoms with E-state index in [0.29, 0.717) is 33.6 Å². The fraction of sp³-hybridized carbons (Fsp3) is 0.179. The van der Waals surface area contributed by atoms with Gasteiger partial charge in [0.2, 0.25) is 0 Å². The lowest BCUT2D eigenvalue weighted by Crippen LogP contribution is -2.30. The molecule has 4 aromatic rings. The van der Waals surface area contributed by atoms with E-state index in [2.05, 4.69) is 11.4 Å². The van der Waals surface area contributed by atoms with Gasteiger partial charge in [-0.1, -0.05) is 54.1 Å². The van der Waals surface area contributed by atoms with Gasteiger partial charge in [0.05, 0.1) is 29.6 Å². The van der Waals surface area contributed by atoms with E-state index in [1.807, 2.05) is 50.2 Å². The second-order valence-corrected chi connectivity index (χ2v) is 8.13. The summed E-state index contributed by atoms with van der Waals surface area (Å²) in [6.45, 7) is 5.59. The lowest BCUT2D eigenvalue weighted by Gasteiger charge is -2.16. The fourth-order valence-electron chi connectivity index (χ4n) is 3.84. The van der Waals surface area contributed by atoms with E-state index in [1.165, 1.54) is 14.0 Å². The van der Waals surface area contributed by atoms with Crippen molar-refractivity contribution in [3.8, 4) is 17.0 Å². The number of aromatic nitrogens is 1. The topological polar surface area (TPSA) is 77.5 Å². The Kier molecular flexibility index (Phi) is 6.59. The molecule has 0 saturated heterocycles. The lowest BCUT2D eigenvalue weighted by atomic mass is 9.99. The Morgan fingerprint density at radius 2 is 1.68 bits per heavy atom. The highest BCUT2D eigenvalue weighted by atomic mass is 16.5. The molecule has 1 unspecified atom stereocenters. The van der Waals surface area contributed by atoms with E-state index in [1.54, 1.807) is 30.3 Å². The van der Waals surface area contributed by atoms with Crippen LogP contribution in [0.4, 0.5) is 5.69 Å². The number of para-hydroxylation sites is 3. The standard InChI is InChI=1S/C28H26N2O4/c1-17-13-14-20(18(2)15-17)25-16-22(21-9-5-6-10-23(21)29-25)28(32)34-19(3)27(31)30-24-11-7-8-12-26(24)33-4/h5-16,19H,1-4H3,(H,30,31). The molecule has 6 heteroatoms. The summed E-state index contributed by atoms with van der Waals surface area (Å²) in [6, 6.07) is 22.3. The lowest BCUT2D eigenvalue weighted by molar-refractivity contribution is -0.123. The number of hydrogen-bond donors (Lipinski definition) is 1. The summed E-state index contributed by atoms with van der Waals surface area (Å²) in [4.78, 5) is 30.7. The number of nitrogens with zero attached hydrogens (tertiary/aromatic N) is 1. The molecule has 172 valence electrons. The summed E-state index contributed by atoms with van der Waals surface area (Å²) in [6.07, 6.45) is -1.02. The van der Waals surface area contributed by atoms with Crippen LogP contribution in [-0.2, 0) is 9.53 Å². The van der Waals surface area contributed by atoms with Gasteiger partial charge in [0, 0.05) is 10.9 Å². The first kappa shape index (κ1) is 23.0. The summed E-state index contributed by atoms with van der Waals surface area (Å²) in [5.41, 5.74) is 5.37. The van der Waals surface area contributed by atoms with Crippen LogP contribution in [0.25, 0.3) is 22.2 Å². The van der Waals surface area contributed by atoms with Crippen molar-refractivity contribution < 1.29 is 19.1 Å². The average Bonchev–Trinajstić information content (AvgIpc) is 2.83. The molecule has 0 aliphatic carbocycles. The molecule has 1 amide bonds. The zero-order valence-electron chi connectivity index (χ0n) is 19.6. The van der Waals surface area contributed by atoms with Gasteiger partial charge in [-0.3, -0.25) is 4.79 Å². The first-order chi connectivity index (χ1) is 16.4. The number of carbonyl (C=O) groups is 2. The van der Waals surface area contributed by atoms with Crippen molar-refractivity contribution in [1.29, 1.82) is 0 Å². The molecule has 0 aliphatic rings. The number of ether oxygens (including phenoxy) is 2. The number of hydrogen-bond acceptors (Lipinski definition) is 5. The SMILES string of the molecule is COc1ccccc1NC(=O)C(C)OC(=O)c1cc(-c2ccc(C)cc2C)nc2ccccc12. The number of nitrogens with one attached hydrogen (secondary N) is 1. The van der Waals surface area contributed by atoms with Gasteiger partial charge in [0.25, 0.3) is 5.91 Å². The van der Waals surface area contributed by atoms with Gasteiger partial charge in [-0.15, -0.1) is 0 Å². The Morgan fingerprint density at radius 3 is 2.44 bits per heavy atom. The molecule has 1 N–H and O–H groups in total. The number of rotatable bonds is 6. The molecule has 1 atom stereocenters. The van der Waals surface area contributed by atoms with Crippen LogP contribution < -0.4 is 10.1 Å². The van der Waals surface area contributed by atoms with Gasteiger partial charge in [-0.2, -0.15) is 0 Å². The number of fused-ring (bicyclic) bond motifs is 1. The number of anilines is 1. The van der Waals surface area contributed by atoms with E-state index in [4.69, 9.17) is 14.5 Å². The molecule has 0 saturated carbocycles. The third kappa shape index (κ3) is 4.76. The molecule has 1 heterocycles. The zero-order valence-corrected chi connectivity index (χ0v) is 19.6. The van der Waals surface area contributed by atoms with Crippen LogP contribution >= 0.6 is 0 Å². The number of aryl methyl sites for hydroxylation is 2. The molecule has 0 aliphatic heterocycles. The Bertz CT molecular complexity index is 1380. The predicted octanol–water partition coefficient (Wildman–Crippen LogP) is 5.71. The van der Waals surface area contributed by atoms with Crippen molar-refractivity contribution in [3.63, 3.8) is 0 Å². The minimum Gasteiger partial charge on any atom is -0.495 e. The summed E-state index contributed by atoms with van der Waals surface area (Å²) < 4.78 is 10.8. The smallest absolute Gasteiger partial charge is 0.339 e. The second-order valence-electron chi connectivity index (χ2n) is 8.13. The molecule has 34 heavy (non-hydrogen) atoms. The van der Waals surface area contributed by atoms with Crippen LogP contribution in [0.1, 0.15) is 28.4 Å². The molecule has 0 bridgehead atoms. The fourth-order valence-corrected chi connectivity index (χ4v) is 3.84. The van der Waals surface area contributed by atoms with E-state index >= 15 is 0 Å².